The Morgan fingerprint density at radius 2 is 2.00 bits per heavy atom. The molecule has 0 bridgehead atoms. The van der Waals surface area contributed by atoms with Gasteiger partial charge in [-0.25, -0.2) is 15.0 Å². The molecule has 2 heterocycles. The number of benzene rings is 1. The van der Waals surface area contributed by atoms with Gasteiger partial charge in [0.2, 0.25) is 5.82 Å². The zero-order chi connectivity index (χ0) is 19.1. The first kappa shape index (κ1) is 18.6. The van der Waals surface area contributed by atoms with Gasteiger partial charge in [-0.1, -0.05) is 18.2 Å². The predicted octanol–water partition coefficient (Wildman–Crippen LogP) is 2.85. The molecule has 27 heavy (non-hydrogen) atoms. The minimum Gasteiger partial charge on any atom is -0.497 e. The molecule has 140 valence electrons. The van der Waals surface area contributed by atoms with Gasteiger partial charge in [-0.3, -0.25) is 4.79 Å². The zero-order valence-corrected chi connectivity index (χ0v) is 15.5. The number of rotatable bonds is 4. The Balaban J connectivity index is 0.000000221. The summed E-state index contributed by atoms with van der Waals surface area (Å²) in [4.78, 5) is 24.4. The van der Waals surface area contributed by atoms with Crippen molar-refractivity contribution >= 4 is 5.91 Å². The van der Waals surface area contributed by atoms with Gasteiger partial charge < -0.3 is 14.6 Å². The first-order valence-corrected chi connectivity index (χ1v) is 8.87. The van der Waals surface area contributed by atoms with E-state index in [4.69, 9.17) is 4.74 Å². The Bertz CT molecular complexity index is 875. The highest BCUT2D eigenvalue weighted by Crippen LogP contribution is 2.19. The number of para-hydroxylation sites is 1. The molecule has 2 aromatic heterocycles. The number of imidazole rings is 1. The largest absolute Gasteiger partial charge is 0.497 e. The molecule has 3 aromatic rings. The van der Waals surface area contributed by atoms with E-state index >= 15 is 0 Å². The van der Waals surface area contributed by atoms with Gasteiger partial charge in [0.25, 0.3) is 5.91 Å². The van der Waals surface area contributed by atoms with E-state index < -0.39 is 0 Å². The van der Waals surface area contributed by atoms with Gasteiger partial charge in [0.15, 0.2) is 0 Å². The van der Waals surface area contributed by atoms with E-state index in [1.165, 1.54) is 6.42 Å². The number of aryl methyl sites for hydroxylation is 1. The monoisotopic (exact) mass is 365 g/mol. The van der Waals surface area contributed by atoms with Crippen molar-refractivity contribution in [3.05, 3.63) is 60.9 Å². The van der Waals surface area contributed by atoms with Gasteiger partial charge >= 0.3 is 0 Å². The molecule has 0 atom stereocenters. The number of hydrogen-bond acceptors (Lipinski definition) is 5. The number of nitrogens with zero attached hydrogens (tertiary/aromatic N) is 4. The van der Waals surface area contributed by atoms with E-state index in [0.29, 0.717) is 5.69 Å². The van der Waals surface area contributed by atoms with Crippen molar-refractivity contribution < 1.29 is 9.53 Å². The van der Waals surface area contributed by atoms with Gasteiger partial charge in [-0.05, 0) is 37.5 Å². The Labute approximate surface area is 158 Å². The average molecular weight is 365 g/mol. The van der Waals surface area contributed by atoms with Crippen molar-refractivity contribution in [2.75, 3.05) is 7.11 Å². The van der Waals surface area contributed by atoms with Gasteiger partial charge in [-0.15, -0.1) is 0 Å². The molecule has 1 amide bonds. The molecule has 7 heteroatoms. The SMILES string of the molecule is COc1ccccc1.Cn1cncc1-c1ccnc(C(=O)NC2CCC2)n1. The fraction of sp³-hybridized carbons (Fsp3) is 0.300. The maximum atomic E-state index is 12.0. The second-order valence-corrected chi connectivity index (χ2v) is 6.27. The average Bonchev–Trinajstić information content (AvgIpc) is 3.12. The van der Waals surface area contributed by atoms with Crippen molar-refractivity contribution in [3.63, 3.8) is 0 Å². The first-order chi connectivity index (χ1) is 13.2. The highest BCUT2D eigenvalue weighted by molar-refractivity contribution is 5.91. The predicted molar refractivity (Wildman–Crippen MR) is 102 cm³/mol. The van der Waals surface area contributed by atoms with Crippen molar-refractivity contribution in [1.82, 2.24) is 24.8 Å². The number of amides is 1. The molecule has 1 fully saturated rings. The molecule has 4 rings (SSSR count). The van der Waals surface area contributed by atoms with E-state index in [0.717, 1.165) is 24.3 Å². The van der Waals surface area contributed by atoms with Gasteiger partial charge in [0.05, 0.1) is 31.0 Å². The summed E-state index contributed by atoms with van der Waals surface area (Å²) in [5, 5.41) is 2.93. The lowest BCUT2D eigenvalue weighted by molar-refractivity contribution is 0.0906. The summed E-state index contributed by atoms with van der Waals surface area (Å²) in [6, 6.07) is 11.7. The van der Waals surface area contributed by atoms with E-state index in [2.05, 4.69) is 20.3 Å². The molecule has 1 N–H and O–H groups in total. The summed E-state index contributed by atoms with van der Waals surface area (Å²) < 4.78 is 6.77. The molecular weight excluding hydrogens is 342 g/mol. The smallest absolute Gasteiger partial charge is 0.289 e. The molecule has 0 unspecified atom stereocenters. The van der Waals surface area contributed by atoms with Crippen LogP contribution in [-0.2, 0) is 7.05 Å². The minimum absolute atomic E-state index is 0.200. The maximum Gasteiger partial charge on any atom is 0.289 e. The lowest BCUT2D eigenvalue weighted by atomic mass is 9.93. The fourth-order valence-corrected chi connectivity index (χ4v) is 2.57. The maximum absolute atomic E-state index is 12.0. The summed E-state index contributed by atoms with van der Waals surface area (Å²) in [5.74, 6) is 0.923. The third kappa shape index (κ3) is 4.91. The molecular formula is C20H23N5O2. The minimum atomic E-state index is -0.200. The normalized spacial score (nSPS) is 13.1. The lowest BCUT2D eigenvalue weighted by Crippen LogP contribution is -2.40. The number of methoxy groups -OCH3 is 1. The summed E-state index contributed by atoms with van der Waals surface area (Å²) in [7, 11) is 3.55. The third-order valence-corrected chi connectivity index (χ3v) is 4.36. The number of hydrogen-bond donors (Lipinski definition) is 1. The zero-order valence-electron chi connectivity index (χ0n) is 15.5. The van der Waals surface area contributed by atoms with Crippen molar-refractivity contribution in [1.29, 1.82) is 0 Å². The summed E-state index contributed by atoms with van der Waals surface area (Å²) >= 11 is 0. The quantitative estimate of drug-likeness (QED) is 0.769. The molecule has 1 aromatic carbocycles. The summed E-state index contributed by atoms with van der Waals surface area (Å²) in [5.41, 5.74) is 1.56. The van der Waals surface area contributed by atoms with Crippen LogP contribution in [0.1, 0.15) is 29.9 Å². The molecule has 1 aliphatic carbocycles. The van der Waals surface area contributed by atoms with Gasteiger partial charge in [0.1, 0.15) is 5.75 Å². The van der Waals surface area contributed by atoms with Crippen LogP contribution in [0.25, 0.3) is 11.4 Å². The Kier molecular flexibility index (Phi) is 6.14. The molecule has 0 saturated heterocycles. The standard InChI is InChI=1S/C13H15N5O.C7H8O/c1-18-8-14-7-11(18)10-5-6-15-12(17-10)13(19)16-9-3-2-4-9;1-8-7-5-3-2-4-6-7/h5-9H,2-4H2,1H3,(H,16,19);2-6H,1H3. The van der Waals surface area contributed by atoms with Crippen LogP contribution in [0.2, 0.25) is 0 Å². The van der Waals surface area contributed by atoms with Crippen LogP contribution in [0.3, 0.4) is 0 Å². The first-order valence-electron chi connectivity index (χ1n) is 8.87. The van der Waals surface area contributed by atoms with E-state index in [1.54, 1.807) is 31.9 Å². The lowest BCUT2D eigenvalue weighted by Gasteiger charge is -2.25. The van der Waals surface area contributed by atoms with Crippen molar-refractivity contribution in [3.8, 4) is 17.1 Å². The molecule has 1 aliphatic rings. The highest BCUT2D eigenvalue weighted by atomic mass is 16.5. The van der Waals surface area contributed by atoms with Gasteiger partial charge in [-0.2, -0.15) is 0 Å². The number of nitrogens with one attached hydrogen (secondary N) is 1. The number of ether oxygens (including phenoxy) is 1. The van der Waals surface area contributed by atoms with Gasteiger partial charge in [0, 0.05) is 19.3 Å². The van der Waals surface area contributed by atoms with Crippen LogP contribution in [0.4, 0.5) is 0 Å². The van der Waals surface area contributed by atoms with Crippen LogP contribution < -0.4 is 10.1 Å². The summed E-state index contributed by atoms with van der Waals surface area (Å²) in [6.45, 7) is 0. The van der Waals surface area contributed by atoms with Crippen molar-refractivity contribution in [2.45, 2.75) is 25.3 Å². The van der Waals surface area contributed by atoms with Crippen LogP contribution in [0, 0.1) is 0 Å². The fourth-order valence-electron chi connectivity index (χ4n) is 2.57. The van der Waals surface area contributed by atoms with Crippen LogP contribution in [0.5, 0.6) is 5.75 Å². The topological polar surface area (TPSA) is 81.9 Å². The number of aromatic nitrogens is 4. The number of carbonyl (C=O) groups is 1. The second kappa shape index (κ2) is 8.93. The molecule has 0 radical (unpaired) electrons. The Hall–Kier alpha value is -3.22. The molecule has 0 spiro atoms. The molecule has 7 nitrogen and oxygen atoms in total. The van der Waals surface area contributed by atoms with Crippen LogP contribution >= 0.6 is 0 Å². The van der Waals surface area contributed by atoms with Crippen molar-refractivity contribution in [2.24, 2.45) is 7.05 Å². The van der Waals surface area contributed by atoms with Crippen LogP contribution in [-0.4, -0.2) is 38.6 Å². The molecule has 1 saturated carbocycles. The number of carbonyl (C=O) groups excluding carboxylic acids is 1. The second-order valence-electron chi connectivity index (χ2n) is 6.27. The molecule has 0 aliphatic heterocycles. The highest BCUT2D eigenvalue weighted by Gasteiger charge is 2.21. The van der Waals surface area contributed by atoms with E-state index in [1.807, 2.05) is 41.9 Å². The third-order valence-electron chi connectivity index (χ3n) is 4.36. The van der Waals surface area contributed by atoms with E-state index in [9.17, 15) is 4.79 Å². The Morgan fingerprint density at radius 3 is 2.56 bits per heavy atom. The Morgan fingerprint density at radius 1 is 1.22 bits per heavy atom. The summed E-state index contributed by atoms with van der Waals surface area (Å²) in [6.07, 6.45) is 8.30. The van der Waals surface area contributed by atoms with Crippen LogP contribution in [0.15, 0.2) is 55.1 Å². The van der Waals surface area contributed by atoms with E-state index in [-0.39, 0.29) is 17.8 Å².